The maximum Gasteiger partial charge on any atom is 0.153 e. The Labute approximate surface area is 142 Å². The topological polar surface area (TPSA) is 36.3 Å². The Kier molecular flexibility index (Phi) is 3.75. The molecule has 4 nitrogen and oxygen atoms in total. The Morgan fingerprint density at radius 2 is 2.05 bits per heavy atom. The minimum absolute atomic E-state index is 0.0853. The van der Waals surface area contributed by atoms with Crippen LogP contribution in [-0.2, 0) is 11.3 Å². The third-order valence-corrected chi connectivity index (χ3v) is 4.63. The lowest BCUT2D eigenvalue weighted by molar-refractivity contribution is -0.104. The molecule has 1 aliphatic heterocycles. The van der Waals surface area contributed by atoms with E-state index in [0.29, 0.717) is 6.61 Å². The smallest absolute Gasteiger partial charge is 0.153 e. The van der Waals surface area contributed by atoms with Gasteiger partial charge in [0, 0.05) is 11.8 Å². The number of ether oxygens (including phenoxy) is 2. The van der Waals surface area contributed by atoms with Gasteiger partial charge in [-0.25, -0.2) is 4.68 Å². The second-order valence-electron chi connectivity index (χ2n) is 5.30. The molecule has 0 aliphatic carbocycles. The largest absolute Gasteiger partial charge is 0.489 e. The summed E-state index contributed by atoms with van der Waals surface area (Å²) in [6.07, 6.45) is 1.11. The van der Waals surface area contributed by atoms with Crippen molar-refractivity contribution in [3.05, 3.63) is 57.8 Å². The van der Waals surface area contributed by atoms with Crippen LogP contribution in [0.5, 0.6) is 5.75 Å². The minimum Gasteiger partial charge on any atom is -0.489 e. The molecule has 112 valence electrons. The fraction of sp³-hybridized carbons (Fsp3) is 0.235. The van der Waals surface area contributed by atoms with Crippen LogP contribution in [0.1, 0.15) is 18.2 Å². The molecule has 4 rings (SSSR count). The molecule has 5 heteroatoms. The van der Waals surface area contributed by atoms with Crippen LogP contribution in [-0.4, -0.2) is 16.4 Å². The Bertz CT molecular complexity index is 797. The summed E-state index contributed by atoms with van der Waals surface area (Å²) in [5.74, 6) is 0.864. The predicted molar refractivity (Wildman–Crippen MR) is 92.8 cm³/mol. The minimum atomic E-state index is 0.0853. The Balaban J connectivity index is 1.59. The Morgan fingerprint density at radius 3 is 2.77 bits per heavy atom. The summed E-state index contributed by atoms with van der Waals surface area (Å²) in [5, 5.41) is 5.71. The zero-order valence-corrected chi connectivity index (χ0v) is 14.1. The molecule has 0 bridgehead atoms. The van der Waals surface area contributed by atoms with Gasteiger partial charge in [-0.15, -0.1) is 0 Å². The molecule has 0 N–H and O–H groups in total. The molecule has 0 spiro atoms. The lowest BCUT2D eigenvalue weighted by Gasteiger charge is -2.27. The molecule has 0 amide bonds. The van der Waals surface area contributed by atoms with Gasteiger partial charge >= 0.3 is 0 Å². The van der Waals surface area contributed by atoms with Gasteiger partial charge in [-0.2, -0.15) is 5.10 Å². The lowest BCUT2D eigenvalue weighted by Crippen LogP contribution is -2.25. The summed E-state index contributed by atoms with van der Waals surface area (Å²) in [6, 6.07) is 16.3. The maximum atomic E-state index is 5.89. The number of nitrogens with zero attached hydrogens (tertiary/aromatic N) is 2. The van der Waals surface area contributed by atoms with E-state index in [2.05, 4.69) is 52.0 Å². The summed E-state index contributed by atoms with van der Waals surface area (Å²) in [7, 11) is 0. The predicted octanol–water partition coefficient (Wildman–Crippen LogP) is 4.14. The first kappa shape index (κ1) is 14.0. The average Bonchev–Trinajstić information content (AvgIpc) is 2.81. The van der Waals surface area contributed by atoms with Crippen LogP contribution in [0.15, 0.2) is 48.5 Å². The van der Waals surface area contributed by atoms with Crippen molar-refractivity contribution in [2.45, 2.75) is 19.3 Å². The SMILES string of the molecule is Ic1nn(C2CCO2)c2ccc(OCc3ccccc3)cc12. The van der Waals surface area contributed by atoms with Gasteiger partial charge in [-0.3, -0.25) is 0 Å². The zero-order chi connectivity index (χ0) is 14.9. The van der Waals surface area contributed by atoms with Gasteiger partial charge in [0.15, 0.2) is 6.23 Å². The molecule has 1 atom stereocenters. The molecule has 2 aromatic carbocycles. The molecular formula is C17H15IN2O2. The van der Waals surface area contributed by atoms with Crippen molar-refractivity contribution in [3.63, 3.8) is 0 Å². The molecule has 0 saturated carbocycles. The number of halogens is 1. The van der Waals surface area contributed by atoms with E-state index in [1.54, 1.807) is 0 Å². The van der Waals surface area contributed by atoms with Crippen molar-refractivity contribution in [1.82, 2.24) is 9.78 Å². The van der Waals surface area contributed by atoms with Crippen LogP contribution in [0.2, 0.25) is 0 Å². The number of benzene rings is 2. The van der Waals surface area contributed by atoms with Crippen molar-refractivity contribution < 1.29 is 9.47 Å². The number of fused-ring (bicyclic) bond motifs is 1. The molecule has 1 unspecified atom stereocenters. The number of rotatable bonds is 4. The maximum absolute atomic E-state index is 5.89. The van der Waals surface area contributed by atoms with Crippen molar-refractivity contribution in [2.24, 2.45) is 0 Å². The molecular weight excluding hydrogens is 391 g/mol. The van der Waals surface area contributed by atoms with E-state index in [0.717, 1.165) is 38.9 Å². The second-order valence-corrected chi connectivity index (χ2v) is 6.32. The van der Waals surface area contributed by atoms with Crippen LogP contribution in [0.3, 0.4) is 0 Å². The van der Waals surface area contributed by atoms with Crippen LogP contribution >= 0.6 is 22.6 Å². The number of aromatic nitrogens is 2. The van der Waals surface area contributed by atoms with Gasteiger partial charge in [-0.05, 0) is 46.4 Å². The molecule has 1 aliphatic rings. The molecule has 3 aromatic rings. The molecule has 1 saturated heterocycles. The average molecular weight is 406 g/mol. The standard InChI is InChI=1S/C17H15IN2O2/c18-17-14-10-13(22-11-12-4-2-1-3-5-12)6-7-15(14)20(19-17)16-8-9-21-16/h1-7,10,16H,8-9,11H2. The number of hydrogen-bond donors (Lipinski definition) is 0. The second kappa shape index (κ2) is 5.89. The van der Waals surface area contributed by atoms with E-state index in [1.165, 1.54) is 0 Å². The van der Waals surface area contributed by atoms with E-state index in [4.69, 9.17) is 9.47 Å². The van der Waals surface area contributed by atoms with Gasteiger partial charge < -0.3 is 9.47 Å². The molecule has 1 aromatic heterocycles. The molecule has 1 fully saturated rings. The summed E-state index contributed by atoms with van der Waals surface area (Å²) in [6.45, 7) is 1.39. The van der Waals surface area contributed by atoms with Crippen LogP contribution < -0.4 is 4.74 Å². The highest BCUT2D eigenvalue weighted by Crippen LogP contribution is 2.31. The fourth-order valence-electron chi connectivity index (χ4n) is 2.55. The van der Waals surface area contributed by atoms with Crippen molar-refractivity contribution in [1.29, 1.82) is 0 Å². The van der Waals surface area contributed by atoms with E-state index < -0.39 is 0 Å². The highest BCUT2D eigenvalue weighted by Gasteiger charge is 2.24. The quantitative estimate of drug-likeness (QED) is 0.612. The first-order chi connectivity index (χ1) is 10.8. The first-order valence-electron chi connectivity index (χ1n) is 7.27. The van der Waals surface area contributed by atoms with Crippen LogP contribution in [0, 0.1) is 3.70 Å². The monoisotopic (exact) mass is 406 g/mol. The fourth-order valence-corrected chi connectivity index (χ4v) is 3.21. The Morgan fingerprint density at radius 1 is 1.23 bits per heavy atom. The normalized spacial score (nSPS) is 17.4. The lowest BCUT2D eigenvalue weighted by atomic mass is 10.2. The summed E-state index contributed by atoms with van der Waals surface area (Å²) < 4.78 is 14.4. The van der Waals surface area contributed by atoms with Gasteiger partial charge in [0.25, 0.3) is 0 Å². The van der Waals surface area contributed by atoms with Gasteiger partial charge in [-0.1, -0.05) is 30.3 Å². The highest BCUT2D eigenvalue weighted by atomic mass is 127. The first-order valence-corrected chi connectivity index (χ1v) is 8.35. The van der Waals surface area contributed by atoms with E-state index in [-0.39, 0.29) is 6.23 Å². The van der Waals surface area contributed by atoms with E-state index in [1.807, 2.05) is 28.9 Å². The highest BCUT2D eigenvalue weighted by molar-refractivity contribution is 14.1. The Hall–Kier alpha value is -1.60. The molecule has 2 heterocycles. The van der Waals surface area contributed by atoms with Crippen molar-refractivity contribution in [2.75, 3.05) is 6.61 Å². The van der Waals surface area contributed by atoms with Crippen LogP contribution in [0.25, 0.3) is 10.9 Å². The van der Waals surface area contributed by atoms with Gasteiger partial charge in [0.1, 0.15) is 16.1 Å². The summed E-state index contributed by atoms with van der Waals surface area (Å²) >= 11 is 2.27. The molecule has 22 heavy (non-hydrogen) atoms. The third-order valence-electron chi connectivity index (χ3n) is 3.83. The number of hydrogen-bond acceptors (Lipinski definition) is 3. The van der Waals surface area contributed by atoms with Gasteiger partial charge in [0.2, 0.25) is 0 Å². The van der Waals surface area contributed by atoms with Crippen molar-refractivity contribution >= 4 is 33.5 Å². The van der Waals surface area contributed by atoms with Crippen LogP contribution in [0.4, 0.5) is 0 Å². The summed E-state index contributed by atoms with van der Waals surface area (Å²) in [4.78, 5) is 0. The van der Waals surface area contributed by atoms with Gasteiger partial charge in [0.05, 0.1) is 12.1 Å². The zero-order valence-electron chi connectivity index (χ0n) is 11.9. The van der Waals surface area contributed by atoms with E-state index in [9.17, 15) is 0 Å². The molecule has 0 radical (unpaired) electrons. The van der Waals surface area contributed by atoms with Crippen molar-refractivity contribution in [3.8, 4) is 5.75 Å². The third kappa shape index (κ3) is 2.59. The van der Waals surface area contributed by atoms with E-state index >= 15 is 0 Å². The summed E-state index contributed by atoms with van der Waals surface area (Å²) in [5.41, 5.74) is 2.26.